The van der Waals surface area contributed by atoms with Gasteiger partial charge in [-0.1, -0.05) is 223 Å². The molecule has 0 unspecified atom stereocenters. The van der Waals surface area contributed by atoms with Crippen molar-refractivity contribution in [3.8, 4) is 39.4 Å². The minimum absolute atomic E-state index is 0.0303. The highest BCUT2D eigenvalue weighted by atomic mass is 32.2. The Morgan fingerprint density at radius 1 is 0.383 bits per heavy atom. The lowest BCUT2D eigenvalue weighted by Gasteiger charge is -2.41. The number of anilines is 9. The van der Waals surface area contributed by atoms with Crippen molar-refractivity contribution in [1.82, 2.24) is 0 Å². The third-order valence-corrected chi connectivity index (χ3v) is 17.2. The Morgan fingerprint density at radius 2 is 0.889 bits per heavy atom. The monoisotopic (exact) mass is 1060 g/mol. The number of rotatable bonds is 10. The molecule has 13 rings (SSSR count). The number of hydrogen-bond donors (Lipinski definition) is 0. The van der Waals surface area contributed by atoms with Crippen LogP contribution in [0.1, 0.15) is 58.2 Å². The first kappa shape index (κ1) is 51.2. The summed E-state index contributed by atoms with van der Waals surface area (Å²) in [5.74, 6) is 0. The molecule has 6 heteroatoms. The normalized spacial score (nSPS) is 12.5. The van der Waals surface area contributed by atoms with Gasteiger partial charge in [-0.3, -0.25) is 0 Å². The summed E-state index contributed by atoms with van der Waals surface area (Å²) in [6, 6.07) is 97.2. The van der Waals surface area contributed by atoms with Crippen LogP contribution in [-0.4, -0.2) is 6.71 Å². The van der Waals surface area contributed by atoms with Gasteiger partial charge in [-0.25, -0.2) is 0 Å². The van der Waals surface area contributed by atoms with Crippen molar-refractivity contribution in [2.24, 2.45) is 0 Å². The first-order valence-electron chi connectivity index (χ1n) is 28.0. The van der Waals surface area contributed by atoms with E-state index in [9.17, 15) is 5.26 Å². The molecule has 0 aromatic heterocycles. The lowest BCUT2D eigenvalue weighted by molar-refractivity contribution is 0.590. The molecule has 390 valence electrons. The fourth-order valence-corrected chi connectivity index (χ4v) is 13.2. The van der Waals surface area contributed by atoms with Crippen LogP contribution in [0.25, 0.3) is 33.4 Å². The van der Waals surface area contributed by atoms with Gasteiger partial charge in [0.15, 0.2) is 0 Å². The maximum Gasteiger partial charge on any atom is 0.249 e. The number of nitriles is 1. The topological polar surface area (TPSA) is 33.5 Å². The van der Waals surface area contributed by atoms with E-state index in [0.29, 0.717) is 5.56 Å². The van der Waals surface area contributed by atoms with Crippen molar-refractivity contribution in [2.75, 3.05) is 14.7 Å². The van der Waals surface area contributed by atoms with Crippen molar-refractivity contribution in [2.45, 2.75) is 62.2 Å². The first-order chi connectivity index (χ1) is 39.4. The number of nitrogens with zero attached hydrogens (tertiary/aromatic N) is 4. The SMILES string of the molecule is CC(C)(C)c1ccc(N(c2ccc(C(C)(C)C)cc2)c2ccc3c(c2)Sc2cccc4c2B3c2ccc(-c3cc(N(c5ccccc5)c5ccccc5)c(-c5ccccc5)cc3C#N)cc2N4c2ccccc2-c2ccccc2)cc1. The lowest BCUT2D eigenvalue weighted by Crippen LogP contribution is -2.59. The molecule has 0 amide bonds. The first-order valence-corrected chi connectivity index (χ1v) is 28.8. The maximum absolute atomic E-state index is 11.3. The van der Waals surface area contributed by atoms with Crippen LogP contribution in [0.4, 0.5) is 51.2 Å². The molecule has 0 N–H and O–H groups in total. The van der Waals surface area contributed by atoms with Gasteiger partial charge in [0.1, 0.15) is 0 Å². The largest absolute Gasteiger partial charge is 0.311 e. The Morgan fingerprint density at radius 3 is 1.47 bits per heavy atom. The molecule has 2 aliphatic rings. The van der Waals surface area contributed by atoms with Crippen LogP contribution in [0.3, 0.4) is 0 Å². The van der Waals surface area contributed by atoms with Crippen LogP contribution in [0.5, 0.6) is 0 Å². The summed E-state index contributed by atoms with van der Waals surface area (Å²) in [7, 11) is 0. The van der Waals surface area contributed by atoms with E-state index in [1.54, 1.807) is 0 Å². The summed E-state index contributed by atoms with van der Waals surface area (Å²) in [6.45, 7) is 13.6. The zero-order valence-electron chi connectivity index (χ0n) is 46.6. The van der Waals surface area contributed by atoms with Crippen LogP contribution in [-0.2, 0) is 10.8 Å². The molecule has 0 fully saturated rings. The Hall–Kier alpha value is -9.28. The van der Waals surface area contributed by atoms with Gasteiger partial charge in [-0.05, 0) is 147 Å². The molecule has 0 aliphatic carbocycles. The molecular formula is C75H61BN4S. The molecule has 2 heterocycles. The minimum Gasteiger partial charge on any atom is -0.311 e. The lowest BCUT2D eigenvalue weighted by atomic mass is 9.35. The molecule has 81 heavy (non-hydrogen) atoms. The van der Waals surface area contributed by atoms with Crippen molar-refractivity contribution >= 4 is 86.0 Å². The summed E-state index contributed by atoms with van der Waals surface area (Å²) < 4.78 is 0. The van der Waals surface area contributed by atoms with E-state index in [1.807, 2.05) is 17.8 Å². The van der Waals surface area contributed by atoms with Gasteiger partial charge in [0, 0.05) is 66.3 Å². The number of para-hydroxylation sites is 3. The van der Waals surface area contributed by atoms with Crippen LogP contribution >= 0.6 is 11.8 Å². The zero-order valence-corrected chi connectivity index (χ0v) is 47.4. The van der Waals surface area contributed by atoms with Gasteiger partial charge in [0.05, 0.1) is 23.0 Å². The van der Waals surface area contributed by atoms with Crippen LogP contribution in [0.15, 0.2) is 271 Å². The second kappa shape index (κ2) is 20.8. The van der Waals surface area contributed by atoms with E-state index in [0.717, 1.165) is 84.6 Å². The Kier molecular flexibility index (Phi) is 13.1. The molecule has 11 aromatic rings. The van der Waals surface area contributed by atoms with Crippen LogP contribution in [0.2, 0.25) is 0 Å². The highest BCUT2D eigenvalue weighted by Crippen LogP contribution is 2.49. The Balaban J connectivity index is 1.02. The second-order valence-corrected chi connectivity index (χ2v) is 24.4. The van der Waals surface area contributed by atoms with Crippen molar-refractivity contribution < 1.29 is 0 Å². The standard InChI is InChI=1S/C75H61BN4S/c1-74(2,3)55-35-39-59(40-36-55)78(60-41-37-56(38-42-60)75(4,5)6)61-43-45-66-72(48-61)81-71-33-21-32-68-73(71)76(66)65-44-34-53(47-70(65)80(68)67-31-20-19-30-62(67)51-22-11-7-12-23-51)63-49-69(64(46-54(63)50-77)52-24-13-8-14-25-52)79(57-26-15-9-16-27-57)58-28-17-10-18-29-58/h7-49H,1-6H3. The maximum atomic E-state index is 11.3. The molecule has 4 nitrogen and oxygen atoms in total. The second-order valence-electron chi connectivity index (χ2n) is 23.3. The summed E-state index contributed by atoms with van der Waals surface area (Å²) >= 11 is 1.87. The van der Waals surface area contributed by atoms with Crippen molar-refractivity contribution in [1.29, 1.82) is 5.26 Å². The predicted octanol–water partition coefficient (Wildman–Crippen LogP) is 18.9. The Bertz CT molecular complexity index is 4070. The molecule has 0 atom stereocenters. The molecule has 2 aliphatic heterocycles. The quantitative estimate of drug-likeness (QED) is 0.128. The summed E-state index contributed by atoms with van der Waals surface area (Å²) in [4.78, 5) is 9.69. The van der Waals surface area contributed by atoms with E-state index in [4.69, 9.17) is 0 Å². The number of benzene rings is 11. The highest BCUT2D eigenvalue weighted by Gasteiger charge is 2.42. The third kappa shape index (κ3) is 9.48. The fourth-order valence-electron chi connectivity index (χ4n) is 12.0. The van der Waals surface area contributed by atoms with E-state index in [2.05, 4.69) is 317 Å². The van der Waals surface area contributed by atoms with E-state index >= 15 is 0 Å². The molecule has 0 radical (unpaired) electrons. The molecule has 0 saturated carbocycles. The molecule has 0 saturated heterocycles. The summed E-state index contributed by atoms with van der Waals surface area (Å²) in [5.41, 5.74) is 22.8. The summed E-state index contributed by atoms with van der Waals surface area (Å²) in [5, 5.41) is 11.3. The predicted molar refractivity (Wildman–Crippen MR) is 344 cm³/mol. The number of hydrogen-bond acceptors (Lipinski definition) is 5. The average Bonchev–Trinajstić information content (AvgIpc) is 2.91. The zero-order chi connectivity index (χ0) is 55.4. The van der Waals surface area contributed by atoms with Crippen molar-refractivity contribution in [3.63, 3.8) is 0 Å². The third-order valence-electron chi connectivity index (χ3n) is 16.1. The highest BCUT2D eigenvalue weighted by molar-refractivity contribution is 8.00. The van der Waals surface area contributed by atoms with Crippen LogP contribution in [0, 0.1) is 11.3 Å². The van der Waals surface area contributed by atoms with E-state index in [1.165, 1.54) is 37.3 Å². The van der Waals surface area contributed by atoms with Crippen molar-refractivity contribution in [3.05, 3.63) is 278 Å². The van der Waals surface area contributed by atoms with E-state index in [-0.39, 0.29) is 17.5 Å². The minimum atomic E-state index is -0.0746. The fraction of sp³-hybridized carbons (Fsp3) is 0.107. The average molecular weight is 1060 g/mol. The molecular weight excluding hydrogens is 1000 g/mol. The van der Waals surface area contributed by atoms with E-state index < -0.39 is 0 Å². The Labute approximate surface area is 482 Å². The molecule has 0 spiro atoms. The van der Waals surface area contributed by atoms with Gasteiger partial charge in [-0.2, -0.15) is 5.26 Å². The van der Waals surface area contributed by atoms with Gasteiger partial charge in [-0.15, -0.1) is 0 Å². The smallest absolute Gasteiger partial charge is 0.249 e. The van der Waals surface area contributed by atoms with Gasteiger partial charge in [0.2, 0.25) is 6.71 Å². The summed E-state index contributed by atoms with van der Waals surface area (Å²) in [6.07, 6.45) is 0. The number of fused-ring (bicyclic) bond motifs is 4. The van der Waals surface area contributed by atoms with Gasteiger partial charge < -0.3 is 14.7 Å². The molecule has 0 bridgehead atoms. The molecule has 11 aromatic carbocycles. The van der Waals surface area contributed by atoms with Gasteiger partial charge >= 0.3 is 0 Å². The van der Waals surface area contributed by atoms with Crippen LogP contribution < -0.4 is 31.1 Å². The van der Waals surface area contributed by atoms with Gasteiger partial charge in [0.25, 0.3) is 0 Å².